The van der Waals surface area contributed by atoms with Crippen molar-refractivity contribution in [3.8, 4) is 0 Å². The molecule has 2 aromatic carbocycles. The van der Waals surface area contributed by atoms with Crippen molar-refractivity contribution in [2.24, 2.45) is 5.92 Å². The Balaban J connectivity index is 1.77. The zero-order valence-electron chi connectivity index (χ0n) is 16.5. The number of hydrogen-bond donors (Lipinski definition) is 1. The molecule has 28 heavy (non-hydrogen) atoms. The van der Waals surface area contributed by atoms with E-state index in [2.05, 4.69) is 5.32 Å². The van der Waals surface area contributed by atoms with Gasteiger partial charge in [-0.2, -0.15) is 0 Å². The molecular formula is C22H24N2O4. The van der Waals surface area contributed by atoms with Crippen molar-refractivity contribution in [2.75, 3.05) is 23.9 Å². The van der Waals surface area contributed by atoms with E-state index >= 15 is 0 Å². The molecule has 146 valence electrons. The van der Waals surface area contributed by atoms with Crippen LogP contribution in [0.3, 0.4) is 0 Å². The molecule has 0 saturated carbocycles. The molecule has 0 radical (unpaired) electrons. The number of carbonyl (C=O) groups is 3. The maximum atomic E-state index is 12.8. The van der Waals surface area contributed by atoms with Gasteiger partial charge in [-0.05, 0) is 55.7 Å². The minimum absolute atomic E-state index is 0.0612. The fourth-order valence-electron chi connectivity index (χ4n) is 3.38. The molecule has 6 nitrogen and oxygen atoms in total. The fourth-order valence-corrected chi connectivity index (χ4v) is 3.38. The number of aryl methyl sites for hydroxylation is 2. The molecule has 6 heteroatoms. The van der Waals surface area contributed by atoms with Gasteiger partial charge in [0.05, 0.1) is 18.6 Å². The van der Waals surface area contributed by atoms with Crippen molar-refractivity contribution in [3.63, 3.8) is 0 Å². The predicted molar refractivity (Wildman–Crippen MR) is 108 cm³/mol. The Hall–Kier alpha value is -3.15. The molecule has 1 unspecified atom stereocenters. The van der Waals surface area contributed by atoms with Crippen LogP contribution >= 0.6 is 0 Å². The van der Waals surface area contributed by atoms with Crippen LogP contribution in [0, 0.1) is 26.7 Å². The van der Waals surface area contributed by atoms with Crippen molar-refractivity contribution in [1.29, 1.82) is 0 Å². The maximum Gasteiger partial charge on any atom is 0.337 e. The lowest BCUT2D eigenvalue weighted by Crippen LogP contribution is -2.29. The van der Waals surface area contributed by atoms with E-state index in [1.807, 2.05) is 39.0 Å². The van der Waals surface area contributed by atoms with Crippen LogP contribution in [0.25, 0.3) is 0 Å². The highest BCUT2D eigenvalue weighted by Crippen LogP contribution is 2.30. The number of nitrogens with zero attached hydrogens (tertiary/aromatic N) is 1. The minimum Gasteiger partial charge on any atom is -0.465 e. The Kier molecular flexibility index (Phi) is 5.49. The van der Waals surface area contributed by atoms with Crippen LogP contribution in [0.5, 0.6) is 0 Å². The second kappa shape index (κ2) is 7.84. The summed E-state index contributed by atoms with van der Waals surface area (Å²) < 4.78 is 4.73. The van der Waals surface area contributed by atoms with E-state index in [1.54, 1.807) is 23.1 Å². The molecule has 1 heterocycles. The summed E-state index contributed by atoms with van der Waals surface area (Å²) in [6.07, 6.45) is 0.162. The van der Waals surface area contributed by atoms with E-state index in [1.165, 1.54) is 7.11 Å². The lowest BCUT2D eigenvalue weighted by atomic mass is 10.1. The Labute approximate surface area is 164 Å². The summed E-state index contributed by atoms with van der Waals surface area (Å²) in [5, 5.41) is 2.86. The number of anilines is 2. The molecule has 2 aromatic rings. The molecule has 1 aliphatic heterocycles. The van der Waals surface area contributed by atoms with E-state index in [4.69, 9.17) is 4.74 Å². The molecular weight excluding hydrogens is 356 g/mol. The zero-order valence-corrected chi connectivity index (χ0v) is 16.5. The Morgan fingerprint density at radius 2 is 1.86 bits per heavy atom. The van der Waals surface area contributed by atoms with Gasteiger partial charge in [0.15, 0.2) is 0 Å². The third kappa shape index (κ3) is 3.76. The highest BCUT2D eigenvalue weighted by molar-refractivity contribution is 6.04. The van der Waals surface area contributed by atoms with Gasteiger partial charge in [0.1, 0.15) is 0 Å². The van der Waals surface area contributed by atoms with Crippen molar-refractivity contribution in [3.05, 3.63) is 58.7 Å². The summed E-state index contributed by atoms with van der Waals surface area (Å²) in [4.78, 5) is 38.7. The molecule has 1 fully saturated rings. The molecule has 0 bridgehead atoms. The number of benzene rings is 2. The third-order valence-corrected chi connectivity index (χ3v) is 5.28. The number of carbonyl (C=O) groups excluding carboxylic acids is 3. The summed E-state index contributed by atoms with van der Waals surface area (Å²) >= 11 is 0. The first kappa shape index (κ1) is 19.6. The monoisotopic (exact) mass is 380 g/mol. The molecule has 1 aliphatic rings. The van der Waals surface area contributed by atoms with Gasteiger partial charge in [0.25, 0.3) is 0 Å². The lowest BCUT2D eigenvalue weighted by molar-refractivity contribution is -0.122. The van der Waals surface area contributed by atoms with Crippen LogP contribution in [-0.4, -0.2) is 31.4 Å². The number of hydrogen-bond acceptors (Lipinski definition) is 4. The second-order valence-electron chi connectivity index (χ2n) is 7.13. The van der Waals surface area contributed by atoms with Crippen LogP contribution in [0.2, 0.25) is 0 Å². The maximum absolute atomic E-state index is 12.8. The van der Waals surface area contributed by atoms with Crippen molar-refractivity contribution < 1.29 is 19.1 Å². The van der Waals surface area contributed by atoms with Crippen LogP contribution in [0.1, 0.15) is 33.5 Å². The van der Waals surface area contributed by atoms with E-state index in [0.29, 0.717) is 17.8 Å². The summed E-state index contributed by atoms with van der Waals surface area (Å²) in [6.45, 7) is 6.16. The normalized spacial score (nSPS) is 16.2. The quantitative estimate of drug-likeness (QED) is 0.825. The first-order valence-corrected chi connectivity index (χ1v) is 9.18. The fraction of sp³-hybridized carbons (Fsp3) is 0.318. The minimum atomic E-state index is -0.465. The van der Waals surface area contributed by atoms with Crippen LogP contribution < -0.4 is 10.2 Å². The Morgan fingerprint density at radius 3 is 2.57 bits per heavy atom. The first-order valence-electron chi connectivity index (χ1n) is 9.18. The zero-order chi connectivity index (χ0) is 20.4. The number of methoxy groups -OCH3 is 1. The van der Waals surface area contributed by atoms with Crippen molar-refractivity contribution in [1.82, 2.24) is 0 Å². The SMILES string of the molecule is COC(=O)c1ccc(C)c(NC(=O)C2CC(=O)N(c3cccc(C)c3C)C2)c1. The van der Waals surface area contributed by atoms with Crippen LogP contribution in [-0.2, 0) is 14.3 Å². The topological polar surface area (TPSA) is 75.7 Å². The predicted octanol–water partition coefficient (Wildman–Crippen LogP) is 3.39. The van der Waals surface area contributed by atoms with E-state index in [-0.39, 0.29) is 18.2 Å². The molecule has 1 saturated heterocycles. The summed E-state index contributed by atoms with van der Waals surface area (Å²) in [5.41, 5.74) is 4.74. The number of ether oxygens (including phenoxy) is 1. The average Bonchev–Trinajstić information content (AvgIpc) is 3.06. The van der Waals surface area contributed by atoms with Gasteiger partial charge in [0, 0.05) is 24.3 Å². The highest BCUT2D eigenvalue weighted by atomic mass is 16.5. The van der Waals surface area contributed by atoms with Gasteiger partial charge in [0.2, 0.25) is 11.8 Å². The van der Waals surface area contributed by atoms with E-state index in [0.717, 1.165) is 22.4 Å². The largest absolute Gasteiger partial charge is 0.465 e. The third-order valence-electron chi connectivity index (χ3n) is 5.28. The highest BCUT2D eigenvalue weighted by Gasteiger charge is 2.36. The van der Waals surface area contributed by atoms with Crippen LogP contribution in [0.4, 0.5) is 11.4 Å². The lowest BCUT2D eigenvalue weighted by Gasteiger charge is -2.20. The van der Waals surface area contributed by atoms with Crippen molar-refractivity contribution >= 4 is 29.2 Å². The first-order chi connectivity index (χ1) is 13.3. The Morgan fingerprint density at radius 1 is 1.11 bits per heavy atom. The summed E-state index contributed by atoms with van der Waals surface area (Å²) in [6, 6.07) is 10.8. The van der Waals surface area contributed by atoms with Crippen molar-refractivity contribution in [2.45, 2.75) is 27.2 Å². The smallest absolute Gasteiger partial charge is 0.337 e. The Bertz CT molecular complexity index is 952. The van der Waals surface area contributed by atoms with Gasteiger partial charge >= 0.3 is 5.97 Å². The van der Waals surface area contributed by atoms with Gasteiger partial charge in [-0.1, -0.05) is 18.2 Å². The number of amides is 2. The second-order valence-corrected chi connectivity index (χ2v) is 7.13. The number of rotatable bonds is 4. The van der Waals surface area contributed by atoms with Gasteiger partial charge in [-0.3, -0.25) is 9.59 Å². The summed E-state index contributed by atoms with van der Waals surface area (Å²) in [5.74, 6) is -1.21. The number of esters is 1. The summed E-state index contributed by atoms with van der Waals surface area (Å²) in [7, 11) is 1.31. The molecule has 0 spiro atoms. The molecule has 1 atom stereocenters. The van der Waals surface area contributed by atoms with E-state index < -0.39 is 11.9 Å². The van der Waals surface area contributed by atoms with Gasteiger partial charge in [-0.15, -0.1) is 0 Å². The van der Waals surface area contributed by atoms with Crippen LogP contribution in [0.15, 0.2) is 36.4 Å². The van der Waals surface area contributed by atoms with Gasteiger partial charge < -0.3 is 15.0 Å². The molecule has 2 amide bonds. The average molecular weight is 380 g/mol. The molecule has 0 aliphatic carbocycles. The molecule has 3 rings (SSSR count). The van der Waals surface area contributed by atoms with E-state index in [9.17, 15) is 14.4 Å². The number of nitrogens with one attached hydrogen (secondary N) is 1. The molecule has 0 aromatic heterocycles. The van der Waals surface area contributed by atoms with Gasteiger partial charge in [-0.25, -0.2) is 4.79 Å². The molecule has 1 N–H and O–H groups in total. The standard InChI is InChI=1S/C22H24N2O4/c1-13-6-5-7-19(15(13)3)24-12-17(11-20(24)25)21(26)23-18-10-16(22(27)28-4)9-8-14(18)2/h5-10,17H,11-12H2,1-4H3,(H,23,26).